The van der Waals surface area contributed by atoms with E-state index in [1.165, 1.54) is 5.56 Å². The number of H-pyrrole nitrogens is 1. The second-order valence-corrected chi connectivity index (χ2v) is 6.58. The summed E-state index contributed by atoms with van der Waals surface area (Å²) in [6.07, 6.45) is 1.89. The normalized spacial score (nSPS) is 18.5. The van der Waals surface area contributed by atoms with Crippen LogP contribution in [0.5, 0.6) is 0 Å². The topological polar surface area (TPSA) is 72.5 Å². The van der Waals surface area contributed by atoms with Crippen LogP contribution in [0.4, 0.5) is 0 Å². The molecule has 134 valence electrons. The Morgan fingerprint density at radius 2 is 2.12 bits per heavy atom. The number of amides is 1. The molecule has 1 aliphatic heterocycles. The first-order chi connectivity index (χ1) is 12.2. The number of carbonyl (C=O) groups excluding carboxylic acids is 1. The third-order valence-corrected chi connectivity index (χ3v) is 4.66. The Hall–Kier alpha value is -2.18. The van der Waals surface area contributed by atoms with Gasteiger partial charge < -0.3 is 10.0 Å². The van der Waals surface area contributed by atoms with E-state index in [1.807, 2.05) is 24.3 Å². The Bertz CT molecular complexity index is 686. The second-order valence-electron chi connectivity index (χ2n) is 6.58. The van der Waals surface area contributed by atoms with Gasteiger partial charge in [-0.1, -0.05) is 43.7 Å². The number of hydrogen-bond acceptors (Lipinski definition) is 4. The molecule has 0 spiro atoms. The molecule has 1 atom stereocenters. The minimum absolute atomic E-state index is 0.0384. The third kappa shape index (κ3) is 4.27. The molecular weight excluding hydrogens is 316 g/mol. The highest BCUT2D eigenvalue weighted by Gasteiger charge is 2.31. The van der Waals surface area contributed by atoms with Gasteiger partial charge >= 0.3 is 0 Å². The van der Waals surface area contributed by atoms with E-state index in [0.717, 1.165) is 31.6 Å². The van der Waals surface area contributed by atoms with E-state index >= 15 is 0 Å². The first-order valence-corrected chi connectivity index (χ1v) is 8.93. The predicted octanol–water partition coefficient (Wildman–Crippen LogP) is 1.68. The molecule has 0 bridgehead atoms. The smallest absolute Gasteiger partial charge is 0.274 e. The molecule has 25 heavy (non-hydrogen) atoms. The summed E-state index contributed by atoms with van der Waals surface area (Å²) in [6, 6.07) is 11.9. The maximum Gasteiger partial charge on any atom is 0.274 e. The van der Waals surface area contributed by atoms with Crippen molar-refractivity contribution in [1.82, 2.24) is 20.0 Å². The van der Waals surface area contributed by atoms with Crippen LogP contribution in [0, 0.1) is 0 Å². The molecule has 6 heteroatoms. The largest absolute Gasteiger partial charge is 0.394 e. The van der Waals surface area contributed by atoms with Gasteiger partial charge in [-0.05, 0) is 18.1 Å². The Balaban J connectivity index is 1.64. The number of aliphatic hydroxyl groups is 1. The first kappa shape index (κ1) is 17.6. The Morgan fingerprint density at radius 1 is 1.32 bits per heavy atom. The minimum atomic E-state index is -0.198. The lowest BCUT2D eigenvalue weighted by atomic mass is 10.1. The zero-order valence-corrected chi connectivity index (χ0v) is 14.7. The van der Waals surface area contributed by atoms with Crippen molar-refractivity contribution in [2.24, 2.45) is 0 Å². The molecule has 1 amide bonds. The van der Waals surface area contributed by atoms with Crippen molar-refractivity contribution in [3.8, 4) is 0 Å². The van der Waals surface area contributed by atoms with Gasteiger partial charge in [-0.3, -0.25) is 14.8 Å². The van der Waals surface area contributed by atoms with Gasteiger partial charge in [0.1, 0.15) is 5.69 Å². The fraction of sp³-hybridized carbons (Fsp3) is 0.474. The van der Waals surface area contributed by atoms with Gasteiger partial charge in [0.25, 0.3) is 5.91 Å². The summed E-state index contributed by atoms with van der Waals surface area (Å²) in [5, 5.41) is 16.9. The molecular formula is C19H26N4O2. The Kier molecular flexibility index (Phi) is 5.83. The van der Waals surface area contributed by atoms with E-state index < -0.39 is 0 Å². The van der Waals surface area contributed by atoms with Crippen LogP contribution in [0.1, 0.15) is 35.1 Å². The molecule has 0 radical (unpaired) electrons. The number of nitrogens with one attached hydrogen (secondary N) is 1. The van der Waals surface area contributed by atoms with Gasteiger partial charge in [-0.25, -0.2) is 0 Å². The number of aromatic amines is 1. The molecule has 2 aromatic rings. The van der Waals surface area contributed by atoms with Crippen molar-refractivity contribution in [2.75, 3.05) is 26.2 Å². The van der Waals surface area contributed by atoms with Crippen LogP contribution in [-0.2, 0) is 13.0 Å². The summed E-state index contributed by atoms with van der Waals surface area (Å²) in [7, 11) is 0. The highest BCUT2D eigenvalue weighted by molar-refractivity contribution is 5.92. The molecule has 2 heterocycles. The zero-order chi connectivity index (χ0) is 17.6. The lowest BCUT2D eigenvalue weighted by Crippen LogP contribution is -2.56. The van der Waals surface area contributed by atoms with Crippen LogP contribution in [0.25, 0.3) is 0 Å². The second kappa shape index (κ2) is 8.27. The molecule has 3 rings (SSSR count). The number of benzene rings is 1. The Labute approximate surface area is 148 Å². The number of aromatic nitrogens is 2. The first-order valence-electron chi connectivity index (χ1n) is 8.93. The summed E-state index contributed by atoms with van der Waals surface area (Å²) >= 11 is 0. The zero-order valence-electron chi connectivity index (χ0n) is 14.7. The number of carbonyl (C=O) groups is 1. The maximum atomic E-state index is 12.8. The van der Waals surface area contributed by atoms with E-state index in [1.54, 1.807) is 4.90 Å². The number of rotatable bonds is 6. The van der Waals surface area contributed by atoms with E-state index in [2.05, 4.69) is 34.2 Å². The molecule has 1 aromatic carbocycles. The minimum Gasteiger partial charge on any atom is -0.394 e. The van der Waals surface area contributed by atoms with Gasteiger partial charge in [-0.15, -0.1) is 0 Å². The lowest BCUT2D eigenvalue weighted by molar-refractivity contribution is 0.0277. The fourth-order valence-electron chi connectivity index (χ4n) is 3.34. The van der Waals surface area contributed by atoms with Crippen LogP contribution in [0.15, 0.2) is 36.4 Å². The van der Waals surface area contributed by atoms with Gasteiger partial charge in [0.15, 0.2) is 0 Å². The summed E-state index contributed by atoms with van der Waals surface area (Å²) in [5.41, 5.74) is 2.67. The van der Waals surface area contributed by atoms with E-state index in [-0.39, 0.29) is 18.6 Å². The lowest BCUT2D eigenvalue weighted by Gasteiger charge is -2.40. The van der Waals surface area contributed by atoms with Crippen molar-refractivity contribution >= 4 is 5.91 Å². The average Bonchev–Trinajstić information content (AvgIpc) is 3.11. The molecule has 6 nitrogen and oxygen atoms in total. The van der Waals surface area contributed by atoms with Gasteiger partial charge in [0, 0.05) is 31.9 Å². The van der Waals surface area contributed by atoms with Gasteiger partial charge in [0.2, 0.25) is 0 Å². The number of aryl methyl sites for hydroxylation is 1. The molecule has 1 unspecified atom stereocenters. The van der Waals surface area contributed by atoms with Crippen molar-refractivity contribution in [3.05, 3.63) is 53.3 Å². The number of aliphatic hydroxyl groups excluding tert-OH is 1. The maximum absolute atomic E-state index is 12.8. The van der Waals surface area contributed by atoms with Crippen LogP contribution in [-0.4, -0.2) is 63.3 Å². The highest BCUT2D eigenvalue weighted by atomic mass is 16.3. The van der Waals surface area contributed by atoms with Crippen LogP contribution >= 0.6 is 0 Å². The molecule has 0 aliphatic carbocycles. The third-order valence-electron chi connectivity index (χ3n) is 4.66. The van der Waals surface area contributed by atoms with Crippen LogP contribution < -0.4 is 0 Å². The number of hydrogen-bond donors (Lipinski definition) is 2. The fourth-order valence-corrected chi connectivity index (χ4v) is 3.34. The molecule has 1 aliphatic rings. The number of piperazine rings is 1. The monoisotopic (exact) mass is 342 g/mol. The molecule has 0 saturated carbocycles. The molecule has 1 saturated heterocycles. The van der Waals surface area contributed by atoms with Crippen molar-refractivity contribution in [1.29, 1.82) is 0 Å². The summed E-state index contributed by atoms with van der Waals surface area (Å²) in [4.78, 5) is 16.8. The van der Waals surface area contributed by atoms with E-state index in [4.69, 9.17) is 0 Å². The van der Waals surface area contributed by atoms with Crippen LogP contribution in [0.3, 0.4) is 0 Å². The SMILES string of the molecule is CCCc1cc(C(=O)N2CCN(Cc3ccccc3)CC2CO)n[nH]1. The van der Waals surface area contributed by atoms with E-state index in [9.17, 15) is 9.90 Å². The predicted molar refractivity (Wildman–Crippen MR) is 96.2 cm³/mol. The molecule has 1 fully saturated rings. The van der Waals surface area contributed by atoms with E-state index in [0.29, 0.717) is 18.8 Å². The van der Waals surface area contributed by atoms with Crippen molar-refractivity contribution in [2.45, 2.75) is 32.4 Å². The summed E-state index contributed by atoms with van der Waals surface area (Å²) < 4.78 is 0. The molecule has 2 N–H and O–H groups in total. The van der Waals surface area contributed by atoms with Crippen molar-refractivity contribution in [3.63, 3.8) is 0 Å². The average molecular weight is 342 g/mol. The molecule has 1 aromatic heterocycles. The number of nitrogens with zero attached hydrogens (tertiary/aromatic N) is 3. The summed E-state index contributed by atoms with van der Waals surface area (Å²) in [6.45, 7) is 4.96. The van der Waals surface area contributed by atoms with Crippen molar-refractivity contribution < 1.29 is 9.90 Å². The highest BCUT2D eigenvalue weighted by Crippen LogP contribution is 2.16. The Morgan fingerprint density at radius 3 is 2.84 bits per heavy atom. The van der Waals surface area contributed by atoms with Gasteiger partial charge in [0.05, 0.1) is 12.6 Å². The van der Waals surface area contributed by atoms with Gasteiger partial charge in [-0.2, -0.15) is 5.10 Å². The quantitative estimate of drug-likeness (QED) is 0.838. The standard InChI is InChI=1S/C19H26N4O2/c1-2-6-16-11-18(21-20-16)19(25)23-10-9-22(13-17(23)14-24)12-15-7-4-3-5-8-15/h3-5,7-8,11,17,24H,2,6,9-10,12-14H2,1H3,(H,20,21). The van der Waals surface area contributed by atoms with Crippen LogP contribution in [0.2, 0.25) is 0 Å². The summed E-state index contributed by atoms with van der Waals surface area (Å²) in [5.74, 6) is -0.1000.